The van der Waals surface area contributed by atoms with Gasteiger partial charge in [0.2, 0.25) is 12.1 Å². The molecule has 5 heterocycles. The Morgan fingerprint density at radius 1 is 1.00 bits per heavy atom. The van der Waals surface area contributed by atoms with Crippen LogP contribution in [0.1, 0.15) is 11.9 Å². The molecule has 1 fully saturated rings. The summed E-state index contributed by atoms with van der Waals surface area (Å²) in [5.74, 6) is 0.595. The van der Waals surface area contributed by atoms with Gasteiger partial charge < -0.3 is 24.7 Å². The Bertz CT molecular complexity index is 1080. The number of morpholine rings is 1. The summed E-state index contributed by atoms with van der Waals surface area (Å²) in [4.78, 5) is 23.2. The Labute approximate surface area is 167 Å². The van der Waals surface area contributed by atoms with E-state index in [9.17, 15) is 13.2 Å². The first-order valence-electron chi connectivity index (χ1n) is 9.29. The van der Waals surface area contributed by atoms with E-state index < -0.39 is 12.3 Å². The van der Waals surface area contributed by atoms with E-state index in [4.69, 9.17) is 15.2 Å². The van der Waals surface area contributed by atoms with Gasteiger partial charge in [-0.2, -0.15) is 13.2 Å². The maximum Gasteiger partial charge on any atom is 0.421 e. The molecule has 2 N–H and O–H groups in total. The van der Waals surface area contributed by atoms with Gasteiger partial charge in [0.15, 0.2) is 22.8 Å². The van der Waals surface area contributed by atoms with Crippen LogP contribution in [0.25, 0.3) is 22.6 Å². The van der Waals surface area contributed by atoms with E-state index >= 15 is 0 Å². The average molecular weight is 422 g/mol. The summed E-state index contributed by atoms with van der Waals surface area (Å²) in [5.41, 5.74) is 6.66. The van der Waals surface area contributed by atoms with Crippen molar-refractivity contribution in [3.8, 4) is 11.4 Å². The summed E-state index contributed by atoms with van der Waals surface area (Å²) < 4.78 is 52.4. The van der Waals surface area contributed by atoms with Crippen LogP contribution in [-0.4, -0.2) is 68.6 Å². The molecule has 2 aliphatic heterocycles. The van der Waals surface area contributed by atoms with Crippen LogP contribution in [0.2, 0.25) is 0 Å². The molecule has 3 aromatic heterocycles. The topological polar surface area (TPSA) is 117 Å². The monoisotopic (exact) mass is 422 g/mol. The summed E-state index contributed by atoms with van der Waals surface area (Å²) >= 11 is 0. The third-order valence-electron chi connectivity index (χ3n) is 4.98. The fourth-order valence-corrected chi connectivity index (χ4v) is 3.58. The van der Waals surface area contributed by atoms with Crippen molar-refractivity contribution in [3.05, 3.63) is 18.2 Å². The van der Waals surface area contributed by atoms with Crippen LogP contribution in [0.3, 0.4) is 0 Å². The van der Waals surface area contributed by atoms with Crippen LogP contribution in [-0.2, 0) is 16.0 Å². The third-order valence-corrected chi connectivity index (χ3v) is 4.98. The Balaban J connectivity index is 1.73. The Kier molecular flexibility index (Phi) is 4.43. The lowest BCUT2D eigenvalue weighted by Crippen LogP contribution is -2.37. The van der Waals surface area contributed by atoms with E-state index in [2.05, 4.69) is 24.9 Å². The van der Waals surface area contributed by atoms with Crippen molar-refractivity contribution in [3.63, 3.8) is 0 Å². The number of alkyl halides is 3. The maximum atomic E-state index is 13.5. The molecule has 0 aromatic carbocycles. The van der Waals surface area contributed by atoms with Gasteiger partial charge in [0.05, 0.1) is 25.4 Å². The van der Waals surface area contributed by atoms with Crippen LogP contribution in [0, 0.1) is 0 Å². The number of halogens is 3. The molecule has 1 atom stereocenters. The van der Waals surface area contributed by atoms with Gasteiger partial charge in [-0.1, -0.05) is 0 Å². The molecule has 158 valence electrons. The predicted molar refractivity (Wildman–Crippen MR) is 98.5 cm³/mol. The minimum Gasteiger partial charge on any atom is -0.378 e. The van der Waals surface area contributed by atoms with Crippen molar-refractivity contribution >= 4 is 22.9 Å². The normalized spacial score (nSPS) is 19.8. The second kappa shape index (κ2) is 7.02. The Hall–Kier alpha value is -3.06. The standard InChI is InChI=1S/C17H17F3N8O2/c18-17(19,20)11-15-24-10-13(27-1-4-29-5-2-27)25-12(9-7-22-16(21)23-8-9)26-14(10)28(15)3-6-30-11/h7-8,11H,1-6H2,(H2,21,22,23)/t11-/m0/s1. The molecule has 13 heteroatoms. The van der Waals surface area contributed by atoms with Crippen LogP contribution in [0.5, 0.6) is 0 Å². The molecule has 10 nitrogen and oxygen atoms in total. The summed E-state index contributed by atoms with van der Waals surface area (Å²) in [5, 5.41) is 0. The lowest BCUT2D eigenvalue weighted by molar-refractivity contribution is -0.233. The second-order valence-corrected chi connectivity index (χ2v) is 6.89. The van der Waals surface area contributed by atoms with Gasteiger partial charge in [-0.05, 0) is 0 Å². The number of rotatable bonds is 2. The highest BCUT2D eigenvalue weighted by atomic mass is 19.4. The zero-order valence-corrected chi connectivity index (χ0v) is 15.6. The fourth-order valence-electron chi connectivity index (χ4n) is 3.58. The minimum atomic E-state index is -4.58. The summed E-state index contributed by atoms with van der Waals surface area (Å²) in [6, 6.07) is 0. The smallest absolute Gasteiger partial charge is 0.378 e. The predicted octanol–water partition coefficient (Wildman–Crippen LogP) is 1.34. The van der Waals surface area contributed by atoms with Crippen molar-refractivity contribution in [1.82, 2.24) is 29.5 Å². The highest BCUT2D eigenvalue weighted by Crippen LogP contribution is 2.40. The largest absolute Gasteiger partial charge is 0.421 e. The number of nitrogens with two attached hydrogens (primary N) is 1. The summed E-state index contributed by atoms with van der Waals surface area (Å²) in [7, 11) is 0. The number of nitrogen functional groups attached to an aromatic ring is 1. The average Bonchev–Trinajstić information content (AvgIpc) is 3.12. The van der Waals surface area contributed by atoms with Crippen LogP contribution in [0.15, 0.2) is 12.4 Å². The second-order valence-electron chi connectivity index (χ2n) is 6.89. The SMILES string of the molecule is Nc1ncc(-c2nc(N3CCOCC3)c3nc4n(c3n2)CCO[C@@H]4C(F)(F)F)cn1. The van der Waals surface area contributed by atoms with Crippen molar-refractivity contribution in [2.45, 2.75) is 18.8 Å². The van der Waals surface area contributed by atoms with Gasteiger partial charge in [-0.15, -0.1) is 0 Å². The van der Waals surface area contributed by atoms with Gasteiger partial charge in [0.1, 0.15) is 5.82 Å². The number of fused-ring (bicyclic) bond motifs is 3. The van der Waals surface area contributed by atoms with Crippen molar-refractivity contribution in [1.29, 1.82) is 0 Å². The Morgan fingerprint density at radius 3 is 2.43 bits per heavy atom. The van der Waals surface area contributed by atoms with E-state index in [1.807, 2.05) is 4.90 Å². The number of nitrogens with zero attached hydrogens (tertiary/aromatic N) is 7. The number of hydrogen-bond acceptors (Lipinski definition) is 9. The van der Waals surface area contributed by atoms with Gasteiger partial charge in [0.25, 0.3) is 0 Å². The minimum absolute atomic E-state index is 0.0973. The van der Waals surface area contributed by atoms with E-state index in [0.717, 1.165) is 0 Å². The van der Waals surface area contributed by atoms with Gasteiger partial charge in [0, 0.05) is 32.0 Å². The highest BCUT2D eigenvalue weighted by molar-refractivity contribution is 5.86. The van der Waals surface area contributed by atoms with E-state index in [-0.39, 0.29) is 30.7 Å². The van der Waals surface area contributed by atoms with Crippen molar-refractivity contribution < 1.29 is 22.6 Å². The number of hydrogen-bond donors (Lipinski definition) is 1. The number of imidazole rings is 1. The van der Waals surface area contributed by atoms with Gasteiger partial charge in [-0.3, -0.25) is 0 Å². The summed E-state index contributed by atoms with van der Waals surface area (Å²) in [6.07, 6.45) is -3.75. The van der Waals surface area contributed by atoms with Crippen LogP contribution < -0.4 is 10.6 Å². The number of aromatic nitrogens is 6. The molecule has 0 spiro atoms. The first-order valence-corrected chi connectivity index (χ1v) is 9.29. The molecule has 1 saturated heterocycles. The van der Waals surface area contributed by atoms with Crippen LogP contribution >= 0.6 is 0 Å². The molecule has 0 unspecified atom stereocenters. The molecular weight excluding hydrogens is 405 g/mol. The van der Waals surface area contributed by atoms with Crippen LogP contribution in [0.4, 0.5) is 24.9 Å². The zero-order chi connectivity index (χ0) is 20.9. The van der Waals surface area contributed by atoms with E-state index in [1.54, 1.807) is 0 Å². The van der Waals surface area contributed by atoms with Crippen molar-refractivity contribution in [2.24, 2.45) is 0 Å². The fraction of sp³-hybridized carbons (Fsp3) is 0.471. The zero-order valence-electron chi connectivity index (χ0n) is 15.6. The number of anilines is 2. The lowest BCUT2D eigenvalue weighted by Gasteiger charge is -2.28. The molecule has 0 aliphatic carbocycles. The summed E-state index contributed by atoms with van der Waals surface area (Å²) in [6.45, 7) is 2.13. The quantitative estimate of drug-likeness (QED) is 0.653. The van der Waals surface area contributed by atoms with E-state index in [0.29, 0.717) is 48.8 Å². The molecule has 0 radical (unpaired) electrons. The number of ether oxygens (including phenoxy) is 2. The first-order chi connectivity index (χ1) is 14.4. The molecule has 0 saturated carbocycles. The molecular formula is C17H17F3N8O2. The molecule has 0 amide bonds. The first kappa shape index (κ1) is 18.9. The highest BCUT2D eigenvalue weighted by Gasteiger charge is 2.47. The molecule has 3 aromatic rings. The molecule has 30 heavy (non-hydrogen) atoms. The molecule has 5 rings (SSSR count). The lowest BCUT2D eigenvalue weighted by atomic mass is 10.3. The third kappa shape index (κ3) is 3.19. The van der Waals surface area contributed by atoms with E-state index in [1.165, 1.54) is 17.0 Å². The van der Waals surface area contributed by atoms with Gasteiger partial charge in [-0.25, -0.2) is 24.9 Å². The van der Waals surface area contributed by atoms with Gasteiger partial charge >= 0.3 is 6.18 Å². The van der Waals surface area contributed by atoms with Crippen molar-refractivity contribution in [2.75, 3.05) is 43.5 Å². The Morgan fingerprint density at radius 2 is 1.73 bits per heavy atom. The molecule has 2 aliphatic rings. The molecule has 0 bridgehead atoms. The maximum absolute atomic E-state index is 13.5.